The lowest BCUT2D eigenvalue weighted by Crippen LogP contribution is -2.55. The molecule has 5 nitrogen and oxygen atoms in total. The molecule has 1 aromatic rings. The van der Waals surface area contributed by atoms with Crippen LogP contribution in [0, 0.1) is 0 Å². The van der Waals surface area contributed by atoms with Crippen LogP contribution in [0.25, 0.3) is 0 Å². The van der Waals surface area contributed by atoms with E-state index in [4.69, 9.17) is 10.5 Å². The van der Waals surface area contributed by atoms with E-state index < -0.39 is 0 Å². The average Bonchev–Trinajstić information content (AvgIpc) is 2.77. The summed E-state index contributed by atoms with van der Waals surface area (Å²) in [6, 6.07) is 0. The van der Waals surface area contributed by atoms with Crippen molar-refractivity contribution < 1.29 is 9.53 Å². The molecule has 1 aliphatic heterocycles. The maximum Gasteiger partial charge on any atom is 0.273 e. The lowest BCUT2D eigenvalue weighted by atomic mass is 10.0. The molecule has 2 rings (SSSR count). The molecule has 100 valence electrons. The Balaban J connectivity index is 2.14. The summed E-state index contributed by atoms with van der Waals surface area (Å²) in [5, 5.41) is 2.74. The maximum atomic E-state index is 12.4. The van der Waals surface area contributed by atoms with E-state index in [0.717, 1.165) is 11.4 Å². The SMILES string of the molecule is CC1(C)COCCN1C(=O)c1csc(CCN)n1. The molecule has 6 heteroatoms. The molecule has 18 heavy (non-hydrogen) atoms. The Morgan fingerprint density at radius 3 is 3.11 bits per heavy atom. The highest BCUT2D eigenvalue weighted by atomic mass is 32.1. The van der Waals surface area contributed by atoms with Crippen molar-refractivity contribution in [3.63, 3.8) is 0 Å². The summed E-state index contributed by atoms with van der Waals surface area (Å²) in [6.45, 7) is 6.36. The first kappa shape index (κ1) is 13.5. The number of carbonyl (C=O) groups is 1. The second-order valence-electron chi connectivity index (χ2n) is 4.99. The normalized spacial score (nSPS) is 18.9. The molecule has 0 unspecified atom stereocenters. The molecule has 0 bridgehead atoms. The zero-order valence-electron chi connectivity index (χ0n) is 10.8. The third kappa shape index (κ3) is 2.71. The molecule has 1 amide bonds. The summed E-state index contributed by atoms with van der Waals surface area (Å²) >= 11 is 1.50. The highest BCUT2D eigenvalue weighted by molar-refractivity contribution is 7.09. The van der Waals surface area contributed by atoms with Gasteiger partial charge in [-0.2, -0.15) is 0 Å². The van der Waals surface area contributed by atoms with Gasteiger partial charge in [-0.15, -0.1) is 11.3 Å². The summed E-state index contributed by atoms with van der Waals surface area (Å²) in [4.78, 5) is 18.6. The third-order valence-corrected chi connectivity index (χ3v) is 3.93. The Bertz CT molecular complexity index is 431. The molecular weight excluding hydrogens is 250 g/mol. The number of hydrogen-bond donors (Lipinski definition) is 1. The van der Waals surface area contributed by atoms with Gasteiger partial charge in [0.05, 0.1) is 23.8 Å². The molecule has 1 fully saturated rings. The van der Waals surface area contributed by atoms with Crippen LogP contribution in [-0.2, 0) is 11.2 Å². The van der Waals surface area contributed by atoms with Crippen molar-refractivity contribution in [2.24, 2.45) is 5.73 Å². The van der Waals surface area contributed by atoms with E-state index in [1.54, 1.807) is 0 Å². The first-order valence-corrected chi connectivity index (χ1v) is 6.97. The second-order valence-corrected chi connectivity index (χ2v) is 5.93. The van der Waals surface area contributed by atoms with Crippen molar-refractivity contribution >= 4 is 17.2 Å². The molecule has 2 heterocycles. The van der Waals surface area contributed by atoms with Gasteiger partial charge in [-0.1, -0.05) is 0 Å². The average molecular weight is 269 g/mol. The molecule has 0 atom stereocenters. The summed E-state index contributed by atoms with van der Waals surface area (Å²) < 4.78 is 5.42. The number of rotatable bonds is 3. The fourth-order valence-electron chi connectivity index (χ4n) is 2.02. The maximum absolute atomic E-state index is 12.4. The fraction of sp³-hybridized carbons (Fsp3) is 0.667. The van der Waals surface area contributed by atoms with E-state index in [1.165, 1.54) is 11.3 Å². The molecule has 1 aromatic heterocycles. The van der Waals surface area contributed by atoms with Crippen LogP contribution in [-0.4, -0.2) is 47.6 Å². The van der Waals surface area contributed by atoms with Gasteiger partial charge in [-0.3, -0.25) is 4.79 Å². The Morgan fingerprint density at radius 1 is 1.67 bits per heavy atom. The van der Waals surface area contributed by atoms with Gasteiger partial charge >= 0.3 is 0 Å². The Kier molecular flexibility index (Phi) is 3.99. The van der Waals surface area contributed by atoms with Crippen LogP contribution in [0.3, 0.4) is 0 Å². The van der Waals surface area contributed by atoms with Gasteiger partial charge in [0.1, 0.15) is 5.69 Å². The molecule has 2 N–H and O–H groups in total. The molecule has 0 spiro atoms. The molecule has 0 radical (unpaired) electrons. The first-order chi connectivity index (χ1) is 8.54. The van der Waals surface area contributed by atoms with Crippen molar-refractivity contribution in [3.8, 4) is 0 Å². The van der Waals surface area contributed by atoms with Gasteiger partial charge in [0, 0.05) is 18.3 Å². The number of thiazole rings is 1. The first-order valence-electron chi connectivity index (χ1n) is 6.09. The van der Waals surface area contributed by atoms with Gasteiger partial charge < -0.3 is 15.4 Å². The van der Waals surface area contributed by atoms with Crippen LogP contribution in [0.1, 0.15) is 29.3 Å². The van der Waals surface area contributed by atoms with Crippen molar-refractivity contribution in [1.29, 1.82) is 0 Å². The molecule has 0 aliphatic carbocycles. The monoisotopic (exact) mass is 269 g/mol. The predicted octanol–water partition coefficient (Wildman–Crippen LogP) is 0.895. The zero-order valence-corrected chi connectivity index (χ0v) is 11.6. The summed E-state index contributed by atoms with van der Waals surface area (Å²) in [5.41, 5.74) is 5.74. The van der Waals surface area contributed by atoms with E-state index in [9.17, 15) is 4.79 Å². The lowest BCUT2D eigenvalue weighted by molar-refractivity contribution is -0.0372. The summed E-state index contributed by atoms with van der Waals surface area (Å²) in [6.07, 6.45) is 0.727. The van der Waals surface area contributed by atoms with E-state index in [2.05, 4.69) is 4.98 Å². The fourth-order valence-corrected chi connectivity index (χ4v) is 2.81. The number of nitrogens with two attached hydrogens (primary N) is 1. The number of carbonyl (C=O) groups excluding carboxylic acids is 1. The number of morpholine rings is 1. The Morgan fingerprint density at radius 2 is 2.44 bits per heavy atom. The van der Waals surface area contributed by atoms with Crippen LogP contribution in [0.2, 0.25) is 0 Å². The van der Waals surface area contributed by atoms with Gasteiger partial charge in [-0.25, -0.2) is 4.98 Å². The van der Waals surface area contributed by atoms with Crippen molar-refractivity contribution in [2.75, 3.05) is 26.3 Å². The van der Waals surface area contributed by atoms with Crippen LogP contribution in [0.15, 0.2) is 5.38 Å². The molecule has 0 aromatic carbocycles. The molecule has 1 saturated heterocycles. The van der Waals surface area contributed by atoms with Crippen LogP contribution in [0.5, 0.6) is 0 Å². The number of amides is 1. The standard InChI is InChI=1S/C12H19N3O2S/c1-12(2)8-17-6-5-15(12)11(16)9-7-18-10(14-9)3-4-13/h7H,3-6,8,13H2,1-2H3. The van der Waals surface area contributed by atoms with E-state index in [-0.39, 0.29) is 11.4 Å². The smallest absolute Gasteiger partial charge is 0.273 e. The quantitative estimate of drug-likeness (QED) is 0.885. The second kappa shape index (κ2) is 5.34. The number of hydrogen-bond acceptors (Lipinski definition) is 5. The van der Waals surface area contributed by atoms with Gasteiger partial charge in [0.2, 0.25) is 0 Å². The number of ether oxygens (including phenoxy) is 1. The van der Waals surface area contributed by atoms with Crippen molar-refractivity contribution in [2.45, 2.75) is 25.8 Å². The molecule has 0 saturated carbocycles. The van der Waals surface area contributed by atoms with Crippen LogP contribution in [0.4, 0.5) is 0 Å². The lowest BCUT2D eigenvalue weighted by Gasteiger charge is -2.41. The van der Waals surface area contributed by atoms with Gasteiger partial charge in [0.25, 0.3) is 5.91 Å². The summed E-state index contributed by atoms with van der Waals surface area (Å²) in [7, 11) is 0. The minimum absolute atomic E-state index is 0.0113. The van der Waals surface area contributed by atoms with E-state index in [1.807, 2.05) is 24.1 Å². The summed E-state index contributed by atoms with van der Waals surface area (Å²) in [5.74, 6) is -0.0113. The van der Waals surface area contributed by atoms with Crippen LogP contribution < -0.4 is 5.73 Å². The van der Waals surface area contributed by atoms with Crippen molar-refractivity contribution in [3.05, 3.63) is 16.1 Å². The molecule has 1 aliphatic rings. The largest absolute Gasteiger partial charge is 0.377 e. The zero-order chi connectivity index (χ0) is 13.2. The van der Waals surface area contributed by atoms with Crippen LogP contribution >= 0.6 is 11.3 Å². The van der Waals surface area contributed by atoms with E-state index in [0.29, 0.717) is 32.0 Å². The minimum atomic E-state index is -0.271. The predicted molar refractivity (Wildman–Crippen MR) is 70.8 cm³/mol. The topological polar surface area (TPSA) is 68.5 Å². The van der Waals surface area contributed by atoms with E-state index >= 15 is 0 Å². The van der Waals surface area contributed by atoms with Gasteiger partial charge in [-0.05, 0) is 20.4 Å². The minimum Gasteiger partial charge on any atom is -0.377 e. The number of aromatic nitrogens is 1. The Hall–Kier alpha value is -0.980. The highest BCUT2D eigenvalue weighted by Crippen LogP contribution is 2.22. The van der Waals surface area contributed by atoms with Crippen molar-refractivity contribution in [1.82, 2.24) is 9.88 Å². The highest BCUT2D eigenvalue weighted by Gasteiger charge is 2.35. The Labute approximate surface area is 111 Å². The van der Waals surface area contributed by atoms with Gasteiger partial charge in [0.15, 0.2) is 0 Å². The molecular formula is C12H19N3O2S. The number of nitrogens with zero attached hydrogens (tertiary/aromatic N) is 2. The third-order valence-electron chi connectivity index (χ3n) is 3.02.